The van der Waals surface area contributed by atoms with Crippen molar-refractivity contribution in [3.05, 3.63) is 52.6 Å². The zero-order valence-electron chi connectivity index (χ0n) is 13.1. The third-order valence-corrected chi connectivity index (χ3v) is 4.18. The van der Waals surface area contributed by atoms with Crippen molar-refractivity contribution in [2.45, 2.75) is 46.2 Å². The first-order valence-corrected chi connectivity index (χ1v) is 8.03. The van der Waals surface area contributed by atoms with Crippen LogP contribution in [-0.2, 0) is 13.0 Å². The fraction of sp³-hybridized carbons (Fsp3) is 0.471. The van der Waals surface area contributed by atoms with Gasteiger partial charge in [0.25, 0.3) is 0 Å². The monoisotopic (exact) mass is 305 g/mol. The van der Waals surface area contributed by atoms with Crippen molar-refractivity contribution in [1.82, 2.24) is 14.9 Å². The van der Waals surface area contributed by atoms with E-state index in [-0.39, 0.29) is 6.04 Å². The number of aromatic nitrogens is 2. The highest BCUT2D eigenvalue weighted by atomic mass is 35.5. The Balaban J connectivity index is 2.23. The lowest BCUT2D eigenvalue weighted by Gasteiger charge is -2.20. The van der Waals surface area contributed by atoms with Crippen molar-refractivity contribution in [2.75, 3.05) is 6.54 Å². The molecule has 1 aromatic heterocycles. The molecule has 3 nitrogen and oxygen atoms in total. The second-order valence-corrected chi connectivity index (χ2v) is 5.76. The van der Waals surface area contributed by atoms with Gasteiger partial charge < -0.3 is 9.88 Å². The van der Waals surface area contributed by atoms with Crippen molar-refractivity contribution < 1.29 is 0 Å². The molecule has 0 spiro atoms. The smallest absolute Gasteiger partial charge is 0.110 e. The van der Waals surface area contributed by atoms with E-state index in [2.05, 4.69) is 46.9 Å². The lowest BCUT2D eigenvalue weighted by molar-refractivity contribution is 0.506. The van der Waals surface area contributed by atoms with Crippen molar-refractivity contribution in [3.63, 3.8) is 0 Å². The second kappa shape index (κ2) is 7.62. The molecule has 4 heteroatoms. The molecule has 0 aliphatic rings. The summed E-state index contributed by atoms with van der Waals surface area (Å²) < 4.78 is 2.19. The van der Waals surface area contributed by atoms with E-state index in [1.54, 1.807) is 0 Å². The molecule has 1 N–H and O–H groups in total. The summed E-state index contributed by atoms with van der Waals surface area (Å²) in [4.78, 5) is 4.49. The van der Waals surface area contributed by atoms with Crippen molar-refractivity contribution >= 4 is 11.6 Å². The van der Waals surface area contributed by atoms with Gasteiger partial charge in [-0.2, -0.15) is 0 Å². The average molecular weight is 306 g/mol. The number of nitrogens with one attached hydrogen (secondary N) is 1. The molecule has 2 aromatic rings. The van der Waals surface area contributed by atoms with Crippen LogP contribution >= 0.6 is 11.6 Å². The fourth-order valence-corrected chi connectivity index (χ4v) is 2.64. The highest BCUT2D eigenvalue weighted by Crippen LogP contribution is 2.24. The number of aryl methyl sites for hydroxylation is 2. The van der Waals surface area contributed by atoms with Crippen LogP contribution < -0.4 is 5.32 Å². The van der Waals surface area contributed by atoms with Gasteiger partial charge in [0, 0.05) is 36.4 Å². The maximum atomic E-state index is 6.28. The number of rotatable bonds is 7. The molecule has 0 radical (unpaired) electrons. The molecule has 0 saturated heterocycles. The largest absolute Gasteiger partial charge is 0.335 e. The molecule has 1 heterocycles. The van der Waals surface area contributed by atoms with Gasteiger partial charge in [-0.3, -0.25) is 0 Å². The zero-order chi connectivity index (χ0) is 15.2. The Bertz CT molecular complexity index is 577. The molecule has 21 heavy (non-hydrogen) atoms. The van der Waals surface area contributed by atoms with Crippen LogP contribution in [0.2, 0.25) is 5.02 Å². The van der Waals surface area contributed by atoms with Crippen molar-refractivity contribution in [3.8, 4) is 0 Å². The van der Waals surface area contributed by atoms with Gasteiger partial charge in [0.2, 0.25) is 0 Å². The summed E-state index contributed by atoms with van der Waals surface area (Å²) in [5.74, 6) is 1.11. The molecule has 0 fully saturated rings. The molecular weight excluding hydrogens is 282 g/mol. The summed E-state index contributed by atoms with van der Waals surface area (Å²) in [5, 5.41) is 4.44. The van der Waals surface area contributed by atoms with Crippen LogP contribution in [0, 0.1) is 6.92 Å². The van der Waals surface area contributed by atoms with Gasteiger partial charge in [-0.05, 0) is 44.0 Å². The molecule has 0 aliphatic heterocycles. The van der Waals surface area contributed by atoms with E-state index >= 15 is 0 Å². The maximum Gasteiger partial charge on any atom is 0.110 e. The number of imidazole rings is 1. The number of hydrogen-bond acceptors (Lipinski definition) is 2. The molecule has 0 aliphatic carbocycles. The lowest BCUT2D eigenvalue weighted by Crippen LogP contribution is -2.25. The summed E-state index contributed by atoms with van der Waals surface area (Å²) in [7, 11) is 0. The molecule has 1 unspecified atom stereocenters. The van der Waals surface area contributed by atoms with Crippen LogP contribution in [-0.4, -0.2) is 16.1 Å². The van der Waals surface area contributed by atoms with E-state index < -0.39 is 0 Å². The lowest BCUT2D eigenvalue weighted by atomic mass is 10.0. The molecular formula is C17H24ClN3. The van der Waals surface area contributed by atoms with E-state index in [0.29, 0.717) is 0 Å². The summed E-state index contributed by atoms with van der Waals surface area (Å²) in [6, 6.07) is 6.57. The molecule has 0 bridgehead atoms. The fourth-order valence-electron chi connectivity index (χ4n) is 2.45. The average Bonchev–Trinajstić information content (AvgIpc) is 2.93. The summed E-state index contributed by atoms with van der Waals surface area (Å²) in [5.41, 5.74) is 2.34. The molecule has 2 rings (SSSR count). The van der Waals surface area contributed by atoms with Gasteiger partial charge >= 0.3 is 0 Å². The molecule has 0 saturated carbocycles. The minimum absolute atomic E-state index is 0.246. The first-order valence-electron chi connectivity index (χ1n) is 7.65. The third-order valence-electron chi connectivity index (χ3n) is 3.77. The summed E-state index contributed by atoms with van der Waals surface area (Å²) in [6.07, 6.45) is 5.89. The first-order chi connectivity index (χ1) is 10.2. The molecule has 1 aromatic carbocycles. The van der Waals surface area contributed by atoms with Crippen LogP contribution in [0.4, 0.5) is 0 Å². The van der Waals surface area contributed by atoms with E-state index in [9.17, 15) is 0 Å². The molecule has 0 amide bonds. The van der Waals surface area contributed by atoms with Crippen molar-refractivity contribution in [2.24, 2.45) is 0 Å². The van der Waals surface area contributed by atoms with E-state index in [4.69, 9.17) is 11.6 Å². The van der Waals surface area contributed by atoms with Gasteiger partial charge in [-0.25, -0.2) is 4.98 Å². The van der Waals surface area contributed by atoms with Crippen LogP contribution in [0.15, 0.2) is 30.6 Å². The van der Waals surface area contributed by atoms with E-state index in [1.807, 2.05) is 19.3 Å². The van der Waals surface area contributed by atoms with Crippen LogP contribution in [0.3, 0.4) is 0 Å². The summed E-state index contributed by atoms with van der Waals surface area (Å²) >= 11 is 6.28. The Labute approximate surface area is 132 Å². The standard InChI is InChI=1S/C17H24ClN3/c1-4-8-19-16(12-17-20-9-10-21(17)5-2)14-7-6-13(3)15(18)11-14/h6-7,9-11,16,19H,4-5,8,12H2,1-3H3. The van der Waals surface area contributed by atoms with Gasteiger partial charge in [0.1, 0.15) is 5.82 Å². The minimum atomic E-state index is 0.246. The minimum Gasteiger partial charge on any atom is -0.335 e. The number of hydrogen-bond donors (Lipinski definition) is 1. The van der Waals surface area contributed by atoms with Gasteiger partial charge in [-0.1, -0.05) is 30.7 Å². The predicted molar refractivity (Wildman–Crippen MR) is 88.8 cm³/mol. The topological polar surface area (TPSA) is 29.9 Å². The number of halogens is 1. The zero-order valence-corrected chi connectivity index (χ0v) is 13.8. The highest BCUT2D eigenvalue weighted by Gasteiger charge is 2.15. The molecule has 114 valence electrons. The van der Waals surface area contributed by atoms with Crippen LogP contribution in [0.5, 0.6) is 0 Å². The quantitative estimate of drug-likeness (QED) is 0.833. The first kappa shape index (κ1) is 16.1. The van der Waals surface area contributed by atoms with Crippen LogP contribution in [0.1, 0.15) is 43.3 Å². The van der Waals surface area contributed by atoms with Crippen LogP contribution in [0.25, 0.3) is 0 Å². The van der Waals surface area contributed by atoms with Gasteiger partial charge in [0.15, 0.2) is 0 Å². The SMILES string of the molecule is CCCNC(Cc1nccn1CC)c1ccc(C)c(Cl)c1. The predicted octanol–water partition coefficient (Wildman–Crippen LogP) is 4.15. The second-order valence-electron chi connectivity index (χ2n) is 5.35. The highest BCUT2D eigenvalue weighted by molar-refractivity contribution is 6.31. The molecule has 1 atom stereocenters. The Morgan fingerprint density at radius 2 is 2.14 bits per heavy atom. The third kappa shape index (κ3) is 4.08. The van der Waals surface area contributed by atoms with E-state index in [1.165, 1.54) is 5.56 Å². The van der Waals surface area contributed by atoms with Gasteiger partial charge in [-0.15, -0.1) is 0 Å². The summed E-state index contributed by atoms with van der Waals surface area (Å²) in [6.45, 7) is 8.29. The Morgan fingerprint density at radius 3 is 2.81 bits per heavy atom. The Hall–Kier alpha value is -1.32. The van der Waals surface area contributed by atoms with Gasteiger partial charge in [0.05, 0.1) is 0 Å². The normalized spacial score (nSPS) is 12.6. The maximum absolute atomic E-state index is 6.28. The number of benzene rings is 1. The Kier molecular flexibility index (Phi) is 5.83. The van der Waals surface area contributed by atoms with Crippen molar-refractivity contribution in [1.29, 1.82) is 0 Å². The Morgan fingerprint density at radius 1 is 1.33 bits per heavy atom. The number of nitrogens with zero attached hydrogens (tertiary/aromatic N) is 2. The van der Waals surface area contributed by atoms with E-state index in [0.717, 1.165) is 42.3 Å².